The number of fused-ring (bicyclic) bond motifs is 1. The summed E-state index contributed by atoms with van der Waals surface area (Å²) >= 11 is 0. The van der Waals surface area contributed by atoms with E-state index in [1.165, 1.54) is 6.08 Å². The molecule has 1 aliphatic carbocycles. The molecule has 0 aromatic heterocycles. The van der Waals surface area contributed by atoms with Crippen LogP contribution in [-0.2, 0) is 9.53 Å². The van der Waals surface area contributed by atoms with Crippen LogP contribution >= 0.6 is 0 Å². The van der Waals surface area contributed by atoms with Crippen molar-refractivity contribution in [3.05, 3.63) is 23.7 Å². The monoisotopic (exact) mass is 198 g/mol. The quantitative estimate of drug-likeness (QED) is 0.586. The van der Waals surface area contributed by atoms with Crippen LogP contribution in [0, 0.1) is 0 Å². The lowest BCUT2D eigenvalue weighted by Crippen LogP contribution is -2.19. The summed E-state index contributed by atoms with van der Waals surface area (Å²) in [7, 11) is 0. The molecule has 0 radical (unpaired) electrons. The molecule has 5 nitrogen and oxygen atoms in total. The van der Waals surface area contributed by atoms with Gasteiger partial charge in [0.15, 0.2) is 17.6 Å². The van der Waals surface area contributed by atoms with E-state index in [0.717, 1.165) is 0 Å². The summed E-state index contributed by atoms with van der Waals surface area (Å²) in [5.41, 5.74) is -0.700. The number of rotatable bonds is 3. The molecule has 2 atom stereocenters. The molecule has 0 bridgehead atoms. The van der Waals surface area contributed by atoms with Crippen molar-refractivity contribution in [1.82, 2.24) is 0 Å². The van der Waals surface area contributed by atoms with Gasteiger partial charge >= 0.3 is 5.97 Å². The van der Waals surface area contributed by atoms with E-state index in [9.17, 15) is 9.90 Å². The maximum Gasteiger partial charge on any atom is 0.303 e. The number of hydrogen-bond acceptors (Lipinski definition) is 4. The Balaban J connectivity index is 2.05. The molecular formula is C9H10O5. The van der Waals surface area contributed by atoms with Crippen molar-refractivity contribution in [2.24, 2.45) is 0 Å². The second-order valence-corrected chi connectivity index (χ2v) is 3.45. The Morgan fingerprint density at radius 3 is 2.93 bits per heavy atom. The molecule has 0 aromatic carbocycles. The van der Waals surface area contributed by atoms with Crippen LogP contribution in [0.2, 0.25) is 0 Å². The average Bonchev–Trinajstić information content (AvgIpc) is 2.85. The van der Waals surface area contributed by atoms with E-state index in [2.05, 4.69) is 0 Å². The maximum absolute atomic E-state index is 10.3. The van der Waals surface area contributed by atoms with Gasteiger partial charge in [0.25, 0.3) is 0 Å². The number of ether oxygens (including phenoxy) is 1. The lowest BCUT2D eigenvalue weighted by molar-refractivity contribution is -0.137. The Labute approximate surface area is 79.9 Å². The van der Waals surface area contributed by atoms with Gasteiger partial charge in [0.05, 0.1) is 0 Å². The van der Waals surface area contributed by atoms with Crippen molar-refractivity contribution in [2.45, 2.75) is 24.5 Å². The normalized spacial score (nSPS) is 34.1. The Morgan fingerprint density at radius 1 is 1.57 bits per heavy atom. The summed E-state index contributed by atoms with van der Waals surface area (Å²) in [5.74, 6) is -1.32. The van der Waals surface area contributed by atoms with Crippen LogP contribution in [0.25, 0.3) is 0 Å². The molecule has 0 spiro atoms. The Kier molecular flexibility index (Phi) is 1.78. The van der Waals surface area contributed by atoms with Gasteiger partial charge in [0.2, 0.25) is 0 Å². The highest BCUT2D eigenvalue weighted by atomic mass is 16.6. The third-order valence-electron chi connectivity index (χ3n) is 2.49. The molecule has 1 saturated heterocycles. The van der Waals surface area contributed by atoms with Crippen LogP contribution in [-0.4, -0.2) is 33.0 Å². The number of hydrogen-bond donors (Lipinski definition) is 3. The average molecular weight is 198 g/mol. The molecule has 0 aromatic rings. The number of carboxylic acid groups (broad SMARTS) is 1. The first-order valence-electron chi connectivity index (χ1n) is 4.26. The zero-order valence-electron chi connectivity index (χ0n) is 7.30. The van der Waals surface area contributed by atoms with Crippen molar-refractivity contribution >= 4 is 5.97 Å². The zero-order valence-corrected chi connectivity index (χ0v) is 7.30. The fourth-order valence-electron chi connectivity index (χ4n) is 1.61. The second-order valence-electron chi connectivity index (χ2n) is 3.45. The van der Waals surface area contributed by atoms with Gasteiger partial charge in [-0.2, -0.15) is 0 Å². The van der Waals surface area contributed by atoms with E-state index in [1.807, 2.05) is 0 Å². The molecule has 2 unspecified atom stereocenters. The first-order chi connectivity index (χ1) is 6.55. The molecule has 3 N–H and O–H groups in total. The van der Waals surface area contributed by atoms with E-state index >= 15 is 0 Å². The molecule has 2 rings (SSSR count). The second kappa shape index (κ2) is 2.75. The molecule has 2 aliphatic rings. The fourth-order valence-corrected chi connectivity index (χ4v) is 1.61. The van der Waals surface area contributed by atoms with Gasteiger partial charge in [-0.05, 0) is 18.6 Å². The van der Waals surface area contributed by atoms with Crippen LogP contribution in [0.3, 0.4) is 0 Å². The molecule has 0 amide bonds. The topological polar surface area (TPSA) is 90.3 Å². The minimum atomic E-state index is -0.903. The van der Waals surface area contributed by atoms with E-state index in [0.29, 0.717) is 6.42 Å². The summed E-state index contributed by atoms with van der Waals surface area (Å²) in [6.07, 6.45) is 2.65. The summed E-state index contributed by atoms with van der Waals surface area (Å²) in [4.78, 5) is 10.3. The van der Waals surface area contributed by atoms with Crippen LogP contribution in [0.5, 0.6) is 0 Å². The Morgan fingerprint density at radius 2 is 2.29 bits per heavy atom. The Hall–Kier alpha value is -1.49. The van der Waals surface area contributed by atoms with E-state index < -0.39 is 17.7 Å². The number of aliphatic hydroxyl groups excluding tert-OH is 2. The van der Waals surface area contributed by atoms with Crippen LogP contribution in [0.15, 0.2) is 23.7 Å². The number of carboxylic acids is 1. The summed E-state index contributed by atoms with van der Waals surface area (Å²) in [6, 6.07) is 0. The van der Waals surface area contributed by atoms with E-state index in [-0.39, 0.29) is 17.9 Å². The van der Waals surface area contributed by atoms with Gasteiger partial charge in [-0.1, -0.05) is 0 Å². The molecule has 5 heteroatoms. The third-order valence-corrected chi connectivity index (χ3v) is 2.49. The summed E-state index contributed by atoms with van der Waals surface area (Å²) < 4.78 is 5.18. The van der Waals surface area contributed by atoms with Crippen molar-refractivity contribution in [3.8, 4) is 0 Å². The molecule has 0 saturated carbocycles. The minimum Gasteiger partial charge on any atom is -0.506 e. The maximum atomic E-state index is 10.3. The largest absolute Gasteiger partial charge is 0.506 e. The van der Waals surface area contributed by atoms with Crippen LogP contribution < -0.4 is 0 Å². The Bertz CT molecular complexity index is 343. The highest BCUT2D eigenvalue weighted by Gasteiger charge is 2.59. The lowest BCUT2D eigenvalue weighted by atomic mass is 9.93. The number of allylic oxidation sites excluding steroid dienone is 1. The molecule has 1 heterocycles. The molecule has 1 aliphatic heterocycles. The van der Waals surface area contributed by atoms with Gasteiger partial charge in [-0.15, -0.1) is 0 Å². The molecule has 76 valence electrons. The van der Waals surface area contributed by atoms with Crippen molar-refractivity contribution in [3.63, 3.8) is 0 Å². The van der Waals surface area contributed by atoms with Gasteiger partial charge in [0, 0.05) is 6.42 Å². The van der Waals surface area contributed by atoms with Gasteiger partial charge < -0.3 is 20.1 Å². The molecule has 1 fully saturated rings. The van der Waals surface area contributed by atoms with Crippen LogP contribution in [0.1, 0.15) is 12.8 Å². The first-order valence-corrected chi connectivity index (χ1v) is 4.26. The van der Waals surface area contributed by atoms with Gasteiger partial charge in [0.1, 0.15) is 5.60 Å². The highest BCUT2D eigenvalue weighted by Crippen LogP contribution is 2.48. The third kappa shape index (κ3) is 1.26. The first kappa shape index (κ1) is 9.08. The number of aliphatic hydroxyl groups is 2. The lowest BCUT2D eigenvalue weighted by Gasteiger charge is -2.10. The summed E-state index contributed by atoms with van der Waals surface area (Å²) in [5, 5.41) is 26.9. The summed E-state index contributed by atoms with van der Waals surface area (Å²) in [6.45, 7) is 0. The smallest absolute Gasteiger partial charge is 0.303 e. The standard InChI is InChI=1S/C9H10O5/c10-5-1-3-9(4-2-6(11)12)8(14-9)7(5)13/h1,3,8,10,13H,2,4H2,(H,11,12). The van der Waals surface area contributed by atoms with Crippen molar-refractivity contribution in [1.29, 1.82) is 0 Å². The zero-order chi connectivity index (χ0) is 10.3. The molecule has 14 heavy (non-hydrogen) atoms. The minimum absolute atomic E-state index is 0.0190. The number of carbonyl (C=O) groups is 1. The van der Waals surface area contributed by atoms with Gasteiger partial charge in [-0.25, -0.2) is 0 Å². The van der Waals surface area contributed by atoms with E-state index in [4.69, 9.17) is 14.9 Å². The predicted octanol–water partition coefficient (Wildman–Crippen LogP) is 0.886. The number of aliphatic carboxylic acids is 1. The SMILES string of the molecule is O=C(O)CCC12C=CC(O)=C(O)C1O2. The van der Waals surface area contributed by atoms with Crippen molar-refractivity contribution < 1.29 is 24.9 Å². The van der Waals surface area contributed by atoms with Crippen molar-refractivity contribution in [2.75, 3.05) is 0 Å². The highest BCUT2D eigenvalue weighted by molar-refractivity contribution is 5.67. The number of epoxide rings is 1. The van der Waals surface area contributed by atoms with Gasteiger partial charge in [-0.3, -0.25) is 4.79 Å². The molecular weight excluding hydrogens is 188 g/mol. The van der Waals surface area contributed by atoms with Crippen LogP contribution in [0.4, 0.5) is 0 Å². The fraction of sp³-hybridized carbons (Fsp3) is 0.444. The van der Waals surface area contributed by atoms with E-state index in [1.54, 1.807) is 6.08 Å². The predicted molar refractivity (Wildman–Crippen MR) is 45.9 cm³/mol.